The molecule has 0 unspecified atom stereocenters. The number of carbonyl (C=O) groups is 1. The Morgan fingerprint density at radius 1 is 1.65 bits per heavy atom. The van der Waals surface area contributed by atoms with Gasteiger partial charge in [0.2, 0.25) is 5.91 Å². The fourth-order valence-corrected chi connectivity index (χ4v) is 2.11. The molecule has 1 amide bonds. The molecule has 6 nitrogen and oxygen atoms in total. The number of hydrogen-bond acceptors (Lipinski definition) is 4. The second-order valence-electron chi connectivity index (χ2n) is 3.58. The van der Waals surface area contributed by atoms with E-state index >= 15 is 0 Å². The molecule has 0 aliphatic heterocycles. The molecule has 2 heterocycles. The number of H-pyrrole nitrogens is 1. The average molecular weight is 252 g/mol. The fraction of sp³-hybridized carbons (Fsp3) is 0.300. The Kier molecular flexibility index (Phi) is 3.38. The van der Waals surface area contributed by atoms with Crippen molar-refractivity contribution in [2.45, 2.75) is 20.0 Å². The van der Waals surface area contributed by atoms with Gasteiger partial charge in [-0.1, -0.05) is 11.3 Å². The molecular formula is C10H12N4O2S. The number of rotatable bonds is 4. The standard InChI is InChI=1S/C10H12N4O2S/c1-7-5-17-10(16)14(7)4-9(15)12-3-8-2-11-6-13-8/h2,5-6H,3-4H2,1H3,(H,11,13)(H,12,15). The molecule has 2 rings (SSSR count). The zero-order valence-electron chi connectivity index (χ0n) is 9.27. The Balaban J connectivity index is 1.92. The van der Waals surface area contributed by atoms with Crippen LogP contribution in [0.1, 0.15) is 11.4 Å². The van der Waals surface area contributed by atoms with E-state index in [1.54, 1.807) is 24.8 Å². The van der Waals surface area contributed by atoms with Crippen LogP contribution in [0.3, 0.4) is 0 Å². The predicted octanol–water partition coefficient (Wildman–Crippen LogP) is 0.258. The lowest BCUT2D eigenvalue weighted by Gasteiger charge is -2.05. The summed E-state index contributed by atoms with van der Waals surface area (Å²) in [5, 5.41) is 4.45. The summed E-state index contributed by atoms with van der Waals surface area (Å²) in [5.74, 6) is -0.191. The van der Waals surface area contributed by atoms with Gasteiger partial charge in [0, 0.05) is 17.3 Å². The Hall–Kier alpha value is -1.89. The normalized spacial score (nSPS) is 10.4. The summed E-state index contributed by atoms with van der Waals surface area (Å²) in [7, 11) is 0. The summed E-state index contributed by atoms with van der Waals surface area (Å²) in [4.78, 5) is 29.6. The molecular weight excluding hydrogens is 240 g/mol. The van der Waals surface area contributed by atoms with Crippen LogP contribution in [0.25, 0.3) is 0 Å². The van der Waals surface area contributed by atoms with Crippen LogP contribution in [0.4, 0.5) is 0 Å². The molecule has 0 aromatic carbocycles. The molecule has 2 N–H and O–H groups in total. The molecule has 2 aromatic heterocycles. The van der Waals surface area contributed by atoms with Crippen molar-refractivity contribution >= 4 is 17.2 Å². The van der Waals surface area contributed by atoms with Crippen molar-refractivity contribution in [3.63, 3.8) is 0 Å². The number of aromatic nitrogens is 3. The lowest BCUT2D eigenvalue weighted by atomic mass is 10.4. The van der Waals surface area contributed by atoms with E-state index in [1.807, 2.05) is 0 Å². The molecule has 17 heavy (non-hydrogen) atoms. The van der Waals surface area contributed by atoms with Crippen LogP contribution in [0, 0.1) is 6.92 Å². The van der Waals surface area contributed by atoms with Gasteiger partial charge in [0.25, 0.3) is 0 Å². The van der Waals surface area contributed by atoms with E-state index in [9.17, 15) is 9.59 Å². The van der Waals surface area contributed by atoms with Crippen LogP contribution in [-0.2, 0) is 17.9 Å². The lowest BCUT2D eigenvalue weighted by Crippen LogP contribution is -2.30. The third kappa shape index (κ3) is 2.82. The van der Waals surface area contributed by atoms with Gasteiger partial charge in [-0.3, -0.25) is 14.2 Å². The third-order valence-corrected chi connectivity index (χ3v) is 3.19. The minimum Gasteiger partial charge on any atom is -0.349 e. The minimum absolute atomic E-state index is 0.0578. The summed E-state index contributed by atoms with van der Waals surface area (Å²) in [6, 6.07) is 0. The highest BCUT2D eigenvalue weighted by Crippen LogP contribution is 1.99. The average Bonchev–Trinajstić information content (AvgIpc) is 2.91. The maximum atomic E-state index is 11.6. The number of hydrogen-bond donors (Lipinski definition) is 2. The van der Waals surface area contributed by atoms with Crippen LogP contribution in [0.5, 0.6) is 0 Å². The van der Waals surface area contributed by atoms with Crippen molar-refractivity contribution in [3.8, 4) is 0 Å². The van der Waals surface area contributed by atoms with Gasteiger partial charge in [0.05, 0.1) is 18.6 Å². The summed E-state index contributed by atoms with van der Waals surface area (Å²) < 4.78 is 1.45. The number of aryl methyl sites for hydroxylation is 1. The first kappa shape index (κ1) is 11.6. The van der Waals surface area contributed by atoms with Crippen LogP contribution in [0.15, 0.2) is 22.7 Å². The van der Waals surface area contributed by atoms with E-state index in [0.29, 0.717) is 6.54 Å². The Labute approximate surface area is 101 Å². The Morgan fingerprint density at radius 2 is 2.47 bits per heavy atom. The summed E-state index contributed by atoms with van der Waals surface area (Å²) in [5.41, 5.74) is 1.63. The number of thiazole rings is 1. The number of carbonyl (C=O) groups excluding carboxylic acids is 1. The fourth-order valence-electron chi connectivity index (χ4n) is 1.37. The summed E-state index contributed by atoms with van der Waals surface area (Å²) in [6.45, 7) is 2.25. The van der Waals surface area contributed by atoms with Crippen molar-refractivity contribution in [3.05, 3.63) is 39.0 Å². The molecule has 7 heteroatoms. The molecule has 0 saturated carbocycles. The zero-order chi connectivity index (χ0) is 12.3. The van der Waals surface area contributed by atoms with Crippen molar-refractivity contribution in [1.82, 2.24) is 19.9 Å². The molecule has 0 aliphatic carbocycles. The Morgan fingerprint density at radius 3 is 3.06 bits per heavy atom. The first-order valence-corrected chi connectivity index (χ1v) is 5.93. The summed E-state index contributed by atoms with van der Waals surface area (Å²) in [6.07, 6.45) is 3.19. The topological polar surface area (TPSA) is 79.8 Å². The first-order chi connectivity index (χ1) is 8.16. The Bertz CT molecular complexity index is 555. The second-order valence-corrected chi connectivity index (χ2v) is 4.40. The van der Waals surface area contributed by atoms with Crippen molar-refractivity contribution in [1.29, 1.82) is 0 Å². The van der Waals surface area contributed by atoms with Gasteiger partial charge in [-0.05, 0) is 6.92 Å². The molecule has 0 spiro atoms. The van der Waals surface area contributed by atoms with Gasteiger partial charge in [0.15, 0.2) is 0 Å². The molecule has 0 bridgehead atoms. The van der Waals surface area contributed by atoms with Gasteiger partial charge < -0.3 is 10.3 Å². The molecule has 90 valence electrons. The van der Waals surface area contributed by atoms with Crippen LogP contribution in [0.2, 0.25) is 0 Å². The number of aromatic amines is 1. The van der Waals surface area contributed by atoms with E-state index in [0.717, 1.165) is 22.7 Å². The third-order valence-electron chi connectivity index (χ3n) is 2.31. The summed E-state index contributed by atoms with van der Waals surface area (Å²) >= 11 is 1.10. The minimum atomic E-state index is -0.191. The predicted molar refractivity (Wildman–Crippen MR) is 63.8 cm³/mol. The molecule has 2 aromatic rings. The highest BCUT2D eigenvalue weighted by molar-refractivity contribution is 7.07. The molecule has 0 fully saturated rings. The van der Waals surface area contributed by atoms with Crippen molar-refractivity contribution in [2.75, 3.05) is 0 Å². The van der Waals surface area contributed by atoms with Gasteiger partial charge in [-0.2, -0.15) is 0 Å². The van der Waals surface area contributed by atoms with Gasteiger partial charge in [-0.25, -0.2) is 4.98 Å². The van der Waals surface area contributed by atoms with Gasteiger partial charge in [0.1, 0.15) is 6.54 Å². The van der Waals surface area contributed by atoms with E-state index in [4.69, 9.17) is 0 Å². The molecule has 0 aliphatic rings. The zero-order valence-corrected chi connectivity index (χ0v) is 10.1. The van der Waals surface area contributed by atoms with E-state index in [-0.39, 0.29) is 17.3 Å². The highest BCUT2D eigenvalue weighted by Gasteiger charge is 2.08. The van der Waals surface area contributed by atoms with Gasteiger partial charge >= 0.3 is 4.87 Å². The molecule has 0 atom stereocenters. The number of nitrogens with one attached hydrogen (secondary N) is 2. The van der Waals surface area contributed by atoms with Crippen LogP contribution < -0.4 is 10.2 Å². The highest BCUT2D eigenvalue weighted by atomic mass is 32.1. The van der Waals surface area contributed by atoms with E-state index in [2.05, 4.69) is 15.3 Å². The van der Waals surface area contributed by atoms with Crippen molar-refractivity contribution < 1.29 is 4.79 Å². The SMILES string of the molecule is Cc1csc(=O)n1CC(=O)NCc1cnc[nH]1. The second kappa shape index (κ2) is 4.96. The maximum Gasteiger partial charge on any atom is 0.307 e. The number of amides is 1. The largest absolute Gasteiger partial charge is 0.349 e. The van der Waals surface area contributed by atoms with Crippen LogP contribution in [-0.4, -0.2) is 20.4 Å². The van der Waals surface area contributed by atoms with E-state index in [1.165, 1.54) is 4.57 Å². The first-order valence-electron chi connectivity index (χ1n) is 5.05. The van der Waals surface area contributed by atoms with Crippen molar-refractivity contribution in [2.24, 2.45) is 0 Å². The monoisotopic (exact) mass is 252 g/mol. The number of nitrogens with zero attached hydrogens (tertiary/aromatic N) is 2. The van der Waals surface area contributed by atoms with E-state index < -0.39 is 0 Å². The molecule has 0 radical (unpaired) electrons. The lowest BCUT2D eigenvalue weighted by molar-refractivity contribution is -0.121. The molecule has 0 saturated heterocycles. The smallest absolute Gasteiger partial charge is 0.307 e. The maximum absolute atomic E-state index is 11.6. The van der Waals surface area contributed by atoms with Crippen LogP contribution >= 0.6 is 11.3 Å². The quantitative estimate of drug-likeness (QED) is 0.819. The van der Waals surface area contributed by atoms with Gasteiger partial charge in [-0.15, -0.1) is 0 Å². The number of imidazole rings is 1.